The van der Waals surface area contributed by atoms with Gasteiger partial charge in [-0.3, -0.25) is 9.59 Å². The van der Waals surface area contributed by atoms with Crippen LogP contribution in [0.3, 0.4) is 0 Å². The third kappa shape index (κ3) is 5.11. The minimum Gasteiger partial charge on any atom is -0.493 e. The van der Waals surface area contributed by atoms with Gasteiger partial charge in [-0.15, -0.1) is 0 Å². The molecule has 2 rings (SSSR count). The van der Waals surface area contributed by atoms with Gasteiger partial charge in [-0.25, -0.2) is 0 Å². The number of benzene rings is 1. The van der Waals surface area contributed by atoms with Crippen LogP contribution >= 0.6 is 0 Å². The van der Waals surface area contributed by atoms with E-state index in [0.29, 0.717) is 49.7 Å². The van der Waals surface area contributed by atoms with Gasteiger partial charge < -0.3 is 25.4 Å². The van der Waals surface area contributed by atoms with Gasteiger partial charge in [0.25, 0.3) is 5.91 Å². The molecule has 1 unspecified atom stereocenters. The number of methoxy groups -OCH3 is 1. The minimum atomic E-state index is -0.0757. The summed E-state index contributed by atoms with van der Waals surface area (Å²) in [6, 6.07) is 5.23. The number of carbonyl (C=O) groups is 2. The van der Waals surface area contributed by atoms with Gasteiger partial charge in [-0.05, 0) is 44.4 Å². The van der Waals surface area contributed by atoms with E-state index in [2.05, 4.69) is 5.32 Å². The number of nitrogens with two attached hydrogens (primary N) is 1. The van der Waals surface area contributed by atoms with Crippen LogP contribution in [0.5, 0.6) is 11.5 Å². The molecule has 7 heteroatoms. The Balaban J connectivity index is 2.10. The molecule has 7 nitrogen and oxygen atoms in total. The molecule has 0 aliphatic carbocycles. The Bertz CT molecular complexity index is 621. The molecule has 1 fully saturated rings. The molecule has 0 aromatic heterocycles. The third-order valence-corrected chi connectivity index (χ3v) is 4.50. The molecule has 1 saturated heterocycles. The lowest BCUT2D eigenvalue weighted by Gasteiger charge is -2.36. The van der Waals surface area contributed by atoms with Crippen LogP contribution in [0.2, 0.25) is 0 Å². The van der Waals surface area contributed by atoms with Crippen LogP contribution in [0.25, 0.3) is 0 Å². The van der Waals surface area contributed by atoms with E-state index in [4.69, 9.17) is 15.2 Å². The van der Waals surface area contributed by atoms with Crippen LogP contribution in [-0.2, 0) is 4.79 Å². The summed E-state index contributed by atoms with van der Waals surface area (Å²) in [4.78, 5) is 26.6. The second-order valence-corrected chi connectivity index (χ2v) is 6.29. The second-order valence-electron chi connectivity index (χ2n) is 6.29. The van der Waals surface area contributed by atoms with Crippen LogP contribution in [0.1, 0.15) is 43.0 Å². The van der Waals surface area contributed by atoms with Gasteiger partial charge in [0.15, 0.2) is 11.5 Å². The second kappa shape index (κ2) is 10.0. The first-order chi connectivity index (χ1) is 12.6. The molecule has 0 saturated carbocycles. The number of hydrogen-bond acceptors (Lipinski definition) is 5. The molecular formula is C19H29N3O4. The Morgan fingerprint density at radius 2 is 2.12 bits per heavy atom. The van der Waals surface area contributed by atoms with Crippen molar-refractivity contribution in [3.8, 4) is 11.5 Å². The molecule has 1 aliphatic rings. The summed E-state index contributed by atoms with van der Waals surface area (Å²) in [5.74, 6) is 1.04. The molecule has 1 aromatic carbocycles. The van der Waals surface area contributed by atoms with Crippen molar-refractivity contribution in [2.24, 2.45) is 5.73 Å². The Labute approximate surface area is 154 Å². The maximum Gasteiger partial charge on any atom is 0.254 e. The Morgan fingerprint density at radius 3 is 2.81 bits per heavy atom. The minimum absolute atomic E-state index is 0.00413. The number of likely N-dealkylation sites (tertiary alicyclic amines) is 1. The molecule has 1 heterocycles. The van der Waals surface area contributed by atoms with Gasteiger partial charge in [0.05, 0.1) is 13.7 Å². The van der Waals surface area contributed by atoms with Crippen LogP contribution in [-0.4, -0.2) is 56.1 Å². The van der Waals surface area contributed by atoms with Crippen LogP contribution in [0.15, 0.2) is 18.2 Å². The summed E-state index contributed by atoms with van der Waals surface area (Å²) in [7, 11) is 1.56. The normalized spacial score (nSPS) is 16.9. The summed E-state index contributed by atoms with van der Waals surface area (Å²) < 4.78 is 10.9. The van der Waals surface area contributed by atoms with Gasteiger partial charge in [0.2, 0.25) is 5.91 Å². The van der Waals surface area contributed by atoms with E-state index in [0.717, 1.165) is 19.3 Å². The number of hydrogen-bond donors (Lipinski definition) is 2. The van der Waals surface area contributed by atoms with Gasteiger partial charge in [-0.2, -0.15) is 0 Å². The van der Waals surface area contributed by atoms with E-state index >= 15 is 0 Å². The zero-order valence-corrected chi connectivity index (χ0v) is 15.6. The molecule has 3 N–H and O–H groups in total. The maximum absolute atomic E-state index is 13.0. The van der Waals surface area contributed by atoms with Crippen LogP contribution in [0.4, 0.5) is 0 Å². The van der Waals surface area contributed by atoms with Crippen molar-refractivity contribution in [2.75, 3.05) is 33.4 Å². The van der Waals surface area contributed by atoms with Gasteiger partial charge in [0, 0.05) is 37.7 Å². The van der Waals surface area contributed by atoms with E-state index in [9.17, 15) is 9.59 Å². The highest BCUT2D eigenvalue weighted by molar-refractivity contribution is 5.95. The number of nitrogens with zero attached hydrogens (tertiary/aromatic N) is 1. The van der Waals surface area contributed by atoms with Crippen molar-refractivity contribution < 1.29 is 19.1 Å². The molecule has 144 valence electrons. The molecule has 0 bridgehead atoms. The highest BCUT2D eigenvalue weighted by Gasteiger charge is 2.28. The van der Waals surface area contributed by atoms with E-state index in [1.54, 1.807) is 25.3 Å². The first kappa shape index (κ1) is 20.0. The van der Waals surface area contributed by atoms with Crippen molar-refractivity contribution in [3.05, 3.63) is 23.8 Å². The number of nitrogens with one attached hydrogen (secondary N) is 1. The Morgan fingerprint density at radius 1 is 1.31 bits per heavy atom. The Hall–Kier alpha value is -2.28. The molecule has 1 atom stereocenters. The molecule has 2 amide bonds. The topological polar surface area (TPSA) is 93.9 Å². The highest BCUT2D eigenvalue weighted by Crippen LogP contribution is 2.29. The smallest absolute Gasteiger partial charge is 0.254 e. The summed E-state index contributed by atoms with van der Waals surface area (Å²) >= 11 is 0. The number of carbonyl (C=O) groups excluding carboxylic acids is 2. The number of piperidine rings is 1. The lowest BCUT2D eigenvalue weighted by atomic mass is 10.0. The maximum atomic E-state index is 13.0. The van der Waals surface area contributed by atoms with E-state index in [1.807, 2.05) is 11.8 Å². The highest BCUT2D eigenvalue weighted by atomic mass is 16.5. The zero-order chi connectivity index (χ0) is 18.9. The molecule has 1 aromatic rings. The standard InChI is InChI=1S/C19H29N3O4/c1-3-26-16-8-7-14(12-17(16)25-2)19(24)22-11-5-4-6-15(22)13-21-18(23)9-10-20/h7-8,12,15H,3-6,9-11,13,20H2,1-2H3,(H,21,23). The largest absolute Gasteiger partial charge is 0.493 e. The van der Waals surface area contributed by atoms with Crippen LogP contribution in [0, 0.1) is 0 Å². The van der Waals surface area contributed by atoms with Crippen molar-refractivity contribution >= 4 is 11.8 Å². The zero-order valence-electron chi connectivity index (χ0n) is 15.6. The molecular weight excluding hydrogens is 334 g/mol. The summed E-state index contributed by atoms with van der Waals surface area (Å²) in [5.41, 5.74) is 5.96. The van der Waals surface area contributed by atoms with Crippen molar-refractivity contribution in [1.82, 2.24) is 10.2 Å². The molecule has 1 aliphatic heterocycles. The molecule has 0 radical (unpaired) electrons. The lowest BCUT2D eigenvalue weighted by Crippen LogP contribution is -2.49. The van der Waals surface area contributed by atoms with E-state index in [1.165, 1.54) is 0 Å². The van der Waals surface area contributed by atoms with E-state index in [-0.39, 0.29) is 17.9 Å². The predicted octanol–water partition coefficient (Wildman–Crippen LogP) is 1.55. The van der Waals surface area contributed by atoms with Crippen molar-refractivity contribution in [3.63, 3.8) is 0 Å². The van der Waals surface area contributed by atoms with E-state index < -0.39 is 0 Å². The first-order valence-electron chi connectivity index (χ1n) is 9.19. The molecule has 26 heavy (non-hydrogen) atoms. The lowest BCUT2D eigenvalue weighted by molar-refractivity contribution is -0.121. The SMILES string of the molecule is CCOc1ccc(C(=O)N2CCCCC2CNC(=O)CCN)cc1OC. The quantitative estimate of drug-likeness (QED) is 0.731. The Kier molecular flexibility index (Phi) is 7.72. The van der Waals surface area contributed by atoms with Gasteiger partial charge >= 0.3 is 0 Å². The fourth-order valence-corrected chi connectivity index (χ4v) is 3.17. The molecule has 0 spiro atoms. The van der Waals surface area contributed by atoms with Gasteiger partial charge in [-0.1, -0.05) is 0 Å². The summed E-state index contributed by atoms with van der Waals surface area (Å²) in [5, 5.41) is 2.88. The van der Waals surface area contributed by atoms with Crippen LogP contribution < -0.4 is 20.5 Å². The summed E-state index contributed by atoms with van der Waals surface area (Å²) in [6.45, 7) is 3.89. The third-order valence-electron chi connectivity index (χ3n) is 4.50. The average molecular weight is 363 g/mol. The van der Waals surface area contributed by atoms with Crippen molar-refractivity contribution in [1.29, 1.82) is 0 Å². The van der Waals surface area contributed by atoms with Gasteiger partial charge in [0.1, 0.15) is 0 Å². The predicted molar refractivity (Wildman–Crippen MR) is 99.5 cm³/mol. The average Bonchev–Trinajstić information content (AvgIpc) is 2.67. The number of amides is 2. The summed E-state index contributed by atoms with van der Waals surface area (Å²) in [6.07, 6.45) is 3.19. The number of rotatable bonds is 8. The fraction of sp³-hybridized carbons (Fsp3) is 0.579. The number of ether oxygens (including phenoxy) is 2. The van der Waals surface area contributed by atoms with Crippen molar-refractivity contribution in [2.45, 2.75) is 38.6 Å². The monoisotopic (exact) mass is 363 g/mol. The first-order valence-corrected chi connectivity index (χ1v) is 9.19. The fourth-order valence-electron chi connectivity index (χ4n) is 3.17.